The number of carboxylic acid groups (broad SMARTS) is 2. The molecule has 1 aliphatic heterocycles. The minimum atomic E-state index is -1.74. The Labute approximate surface area is 369 Å². The van der Waals surface area contributed by atoms with E-state index in [-0.39, 0.29) is 17.7 Å². The molecular formula is C45H56F2N6O11. The Hall–Kier alpha value is -6.53. The molecule has 6 N–H and O–H groups in total. The number of para-hydroxylation sites is 2. The van der Waals surface area contributed by atoms with Crippen molar-refractivity contribution in [2.45, 2.75) is 104 Å². The van der Waals surface area contributed by atoms with Crippen LogP contribution in [-0.2, 0) is 33.6 Å². The first-order chi connectivity index (χ1) is 30.0. The standard InChI is InChI=1S/C45H56F2N6O11/c1-23(2)36(51-40(59)30-16-15-25-11-8-9-14-29(25)48-30)42(61)50-32(20-35(57)58)41(60)52-37(24(3)4)44(63)53-18-17-26(21-45(5,6)7)38(53)43(62)49-31(19-34(55)56)33(54)22-64-39-27(46)12-10-13-28(39)47/h8-16,23-24,26,31-32,36-38H,17-22H2,1-7H3,(H,49,62)(H,50,61)(H,51,59)(H,52,60)(H,55,56)(H,57,58)/t26-,31-,32-,36-,37-,38?/m0/s1. The van der Waals surface area contributed by atoms with Crippen molar-refractivity contribution in [3.05, 3.63) is 71.9 Å². The van der Waals surface area contributed by atoms with Crippen LogP contribution in [0.2, 0.25) is 0 Å². The molecule has 64 heavy (non-hydrogen) atoms. The summed E-state index contributed by atoms with van der Waals surface area (Å²) in [7, 11) is 0. The number of hydrogen-bond acceptors (Lipinski definition) is 10. The van der Waals surface area contributed by atoms with Crippen LogP contribution in [0.15, 0.2) is 54.6 Å². The van der Waals surface area contributed by atoms with Crippen LogP contribution in [-0.4, -0.2) is 111 Å². The highest BCUT2D eigenvalue weighted by Crippen LogP contribution is 2.36. The highest BCUT2D eigenvalue weighted by Gasteiger charge is 2.46. The van der Waals surface area contributed by atoms with E-state index in [1.807, 2.05) is 32.9 Å². The lowest BCUT2D eigenvalue weighted by atomic mass is 9.81. The molecule has 0 saturated carbocycles. The highest BCUT2D eigenvalue weighted by atomic mass is 19.1. The van der Waals surface area contributed by atoms with Crippen LogP contribution in [0.25, 0.3) is 10.9 Å². The zero-order chi connectivity index (χ0) is 47.6. The van der Waals surface area contributed by atoms with Crippen LogP contribution in [0.3, 0.4) is 0 Å². The first kappa shape index (κ1) is 50.1. The monoisotopic (exact) mass is 894 g/mol. The Bertz CT molecular complexity index is 2230. The zero-order valence-corrected chi connectivity index (χ0v) is 36.8. The summed E-state index contributed by atoms with van der Waals surface area (Å²) in [4.78, 5) is 112. The largest absolute Gasteiger partial charge is 0.481 e. The third-order valence-electron chi connectivity index (χ3n) is 10.6. The number of nitrogens with one attached hydrogen (secondary N) is 4. The molecule has 2 aromatic carbocycles. The zero-order valence-electron chi connectivity index (χ0n) is 36.8. The number of benzene rings is 2. The fraction of sp³-hybridized carbons (Fsp3) is 0.489. The Morgan fingerprint density at radius 3 is 1.97 bits per heavy atom. The van der Waals surface area contributed by atoms with E-state index in [0.717, 1.165) is 23.6 Å². The number of rotatable bonds is 20. The molecule has 1 unspecified atom stereocenters. The van der Waals surface area contributed by atoms with Gasteiger partial charge in [-0.25, -0.2) is 13.8 Å². The number of carboxylic acids is 2. The molecule has 0 radical (unpaired) electrons. The van der Waals surface area contributed by atoms with E-state index < -0.39 is 132 Å². The van der Waals surface area contributed by atoms with Crippen molar-refractivity contribution in [2.75, 3.05) is 13.2 Å². The molecule has 346 valence electrons. The topological polar surface area (TPSA) is 250 Å². The minimum Gasteiger partial charge on any atom is -0.481 e. The Morgan fingerprint density at radius 2 is 1.38 bits per heavy atom. The van der Waals surface area contributed by atoms with E-state index in [9.17, 15) is 57.4 Å². The molecule has 0 aliphatic carbocycles. The highest BCUT2D eigenvalue weighted by molar-refractivity contribution is 6.00. The smallest absolute Gasteiger partial charge is 0.305 e. The average Bonchev–Trinajstić information content (AvgIpc) is 3.62. The summed E-state index contributed by atoms with van der Waals surface area (Å²) in [5.74, 6) is -13.1. The van der Waals surface area contributed by atoms with Gasteiger partial charge in [-0.3, -0.25) is 38.4 Å². The summed E-state index contributed by atoms with van der Waals surface area (Å²) >= 11 is 0. The van der Waals surface area contributed by atoms with Gasteiger partial charge in [-0.2, -0.15) is 0 Å². The third kappa shape index (κ3) is 13.5. The molecule has 6 atom stereocenters. The van der Waals surface area contributed by atoms with Gasteiger partial charge in [-0.1, -0.05) is 78.8 Å². The van der Waals surface area contributed by atoms with E-state index in [0.29, 0.717) is 18.4 Å². The second kappa shape index (κ2) is 21.7. The van der Waals surface area contributed by atoms with Crippen LogP contribution < -0.4 is 26.0 Å². The van der Waals surface area contributed by atoms with Crippen molar-refractivity contribution in [2.24, 2.45) is 23.2 Å². The van der Waals surface area contributed by atoms with Crippen LogP contribution in [0.4, 0.5) is 8.78 Å². The lowest BCUT2D eigenvalue weighted by Gasteiger charge is -2.35. The molecular weight excluding hydrogens is 839 g/mol. The van der Waals surface area contributed by atoms with Crippen LogP contribution in [0.1, 0.15) is 84.6 Å². The predicted molar refractivity (Wildman–Crippen MR) is 228 cm³/mol. The first-order valence-corrected chi connectivity index (χ1v) is 20.9. The number of Topliss-reactive ketones (excluding diaryl/α,β-unsaturated/α-hetero) is 1. The second-order valence-electron chi connectivity index (χ2n) is 17.7. The van der Waals surface area contributed by atoms with Gasteiger partial charge in [0, 0.05) is 11.9 Å². The van der Waals surface area contributed by atoms with E-state index >= 15 is 0 Å². The number of aliphatic carboxylic acids is 2. The summed E-state index contributed by atoms with van der Waals surface area (Å²) in [5, 5.41) is 30.2. The predicted octanol–water partition coefficient (Wildman–Crippen LogP) is 3.63. The van der Waals surface area contributed by atoms with Crippen LogP contribution in [0, 0.1) is 34.8 Å². The molecule has 0 spiro atoms. The number of aromatic nitrogens is 1. The maximum atomic E-state index is 14.5. The summed E-state index contributed by atoms with van der Waals surface area (Å²) in [6, 6.07) is 5.75. The number of fused-ring (bicyclic) bond motifs is 1. The van der Waals surface area contributed by atoms with E-state index in [4.69, 9.17) is 4.74 Å². The quantitative estimate of drug-likeness (QED) is 0.0952. The van der Waals surface area contributed by atoms with Crippen molar-refractivity contribution < 1.29 is 62.1 Å². The minimum absolute atomic E-state index is 0.00109. The molecule has 3 aromatic rings. The number of amides is 5. The van der Waals surface area contributed by atoms with Gasteiger partial charge in [-0.05, 0) is 60.3 Å². The molecule has 1 saturated heterocycles. The lowest BCUT2D eigenvalue weighted by Crippen LogP contribution is -2.61. The number of ketones is 1. The van der Waals surface area contributed by atoms with Gasteiger partial charge in [0.1, 0.15) is 42.5 Å². The van der Waals surface area contributed by atoms with Crippen molar-refractivity contribution >= 4 is 58.2 Å². The van der Waals surface area contributed by atoms with Gasteiger partial charge in [0.2, 0.25) is 23.6 Å². The molecule has 1 aromatic heterocycles. The molecule has 17 nitrogen and oxygen atoms in total. The molecule has 2 heterocycles. The number of ether oxygens (including phenoxy) is 1. The third-order valence-corrected chi connectivity index (χ3v) is 10.6. The fourth-order valence-electron chi connectivity index (χ4n) is 7.53. The molecule has 1 aliphatic rings. The Morgan fingerprint density at radius 1 is 0.766 bits per heavy atom. The van der Waals surface area contributed by atoms with E-state index in [2.05, 4.69) is 26.3 Å². The number of pyridine rings is 1. The lowest BCUT2D eigenvalue weighted by molar-refractivity contribution is -0.146. The van der Waals surface area contributed by atoms with E-state index in [1.54, 1.807) is 45.9 Å². The summed E-state index contributed by atoms with van der Waals surface area (Å²) < 4.78 is 33.5. The number of carbonyl (C=O) groups is 8. The van der Waals surface area contributed by atoms with Crippen molar-refractivity contribution in [3.8, 4) is 5.75 Å². The maximum absolute atomic E-state index is 14.5. The second-order valence-corrected chi connectivity index (χ2v) is 17.7. The van der Waals surface area contributed by atoms with Crippen molar-refractivity contribution in [1.29, 1.82) is 0 Å². The molecule has 0 bridgehead atoms. The first-order valence-electron chi connectivity index (χ1n) is 20.9. The Balaban J connectivity index is 1.55. The average molecular weight is 895 g/mol. The number of likely N-dealkylation sites (tertiary alicyclic amines) is 1. The van der Waals surface area contributed by atoms with Crippen LogP contribution in [0.5, 0.6) is 5.75 Å². The van der Waals surface area contributed by atoms with Gasteiger partial charge in [0.05, 0.1) is 18.4 Å². The molecule has 1 fully saturated rings. The summed E-state index contributed by atoms with van der Waals surface area (Å²) in [6.07, 6.45) is -1.16. The number of hydrogen-bond donors (Lipinski definition) is 6. The Kier molecular flexibility index (Phi) is 17.0. The van der Waals surface area contributed by atoms with Crippen LogP contribution >= 0.6 is 0 Å². The van der Waals surface area contributed by atoms with E-state index in [1.165, 1.54) is 11.0 Å². The molecule has 5 amide bonds. The van der Waals surface area contributed by atoms with Gasteiger partial charge in [0.25, 0.3) is 5.91 Å². The summed E-state index contributed by atoms with van der Waals surface area (Å²) in [5.41, 5.74) is 0.172. The fourth-order valence-corrected chi connectivity index (χ4v) is 7.53. The van der Waals surface area contributed by atoms with Gasteiger partial charge < -0.3 is 41.1 Å². The van der Waals surface area contributed by atoms with Crippen molar-refractivity contribution in [1.82, 2.24) is 31.2 Å². The molecule has 4 rings (SSSR count). The van der Waals surface area contributed by atoms with Gasteiger partial charge in [-0.15, -0.1) is 0 Å². The number of carbonyl (C=O) groups excluding carboxylic acids is 6. The maximum Gasteiger partial charge on any atom is 0.305 e. The number of halogens is 2. The van der Waals surface area contributed by atoms with Gasteiger partial charge >= 0.3 is 11.9 Å². The SMILES string of the molecule is CC(C)[C@H](NC(=O)c1ccc2ccccc2n1)C(=O)N[C@@H](CC(=O)O)C(=O)N[C@H](C(=O)N1CC[C@@H](CC(C)(C)C)C1C(=O)N[C@@H](CC(=O)O)C(=O)COc1c(F)cccc1F)C(C)C. The molecule has 19 heteroatoms. The van der Waals surface area contributed by atoms with Gasteiger partial charge in [0.15, 0.2) is 23.2 Å². The normalized spacial score (nSPS) is 17.0. The number of nitrogens with zero attached hydrogens (tertiary/aromatic N) is 2. The van der Waals surface area contributed by atoms with Crippen molar-refractivity contribution in [3.63, 3.8) is 0 Å². The summed E-state index contributed by atoms with van der Waals surface area (Å²) in [6.45, 7) is 11.2.